The van der Waals surface area contributed by atoms with Crippen LogP contribution in [0.25, 0.3) is 22.0 Å². The maximum Gasteiger partial charge on any atom is 0.254 e. The van der Waals surface area contributed by atoms with Crippen LogP contribution < -0.4 is 10.7 Å². The molecule has 1 fully saturated rings. The SMILES string of the molecule is CNC(=O)C1CCCN1C(=O)c1ccc(-c2cccc3c(=O)cc(C)[nH]c23)cc1. The summed E-state index contributed by atoms with van der Waals surface area (Å²) >= 11 is 0. The Bertz CT molecular complexity index is 1150. The van der Waals surface area contributed by atoms with Gasteiger partial charge in [0.25, 0.3) is 5.91 Å². The normalized spacial score (nSPS) is 16.2. The standard InChI is InChI=1S/C23H23N3O3/c1-14-13-20(27)18-6-3-5-17(21(18)25-14)15-8-10-16(11-9-15)23(29)26-12-4-7-19(26)22(28)24-2/h3,5-6,8-11,13,19H,4,7,12H2,1-2H3,(H,24,28)(H,25,27). The summed E-state index contributed by atoms with van der Waals surface area (Å²) in [5.41, 5.74) is 3.95. The lowest BCUT2D eigenvalue weighted by molar-refractivity contribution is -0.124. The molecule has 1 aromatic heterocycles. The van der Waals surface area contributed by atoms with E-state index in [0.29, 0.717) is 23.9 Å². The van der Waals surface area contributed by atoms with Crippen LogP contribution in [0.3, 0.4) is 0 Å². The van der Waals surface area contributed by atoms with Crippen LogP contribution in [-0.2, 0) is 4.79 Å². The zero-order valence-electron chi connectivity index (χ0n) is 16.5. The molecule has 1 aliphatic heterocycles. The lowest BCUT2D eigenvalue weighted by atomic mass is 10.00. The highest BCUT2D eigenvalue weighted by Gasteiger charge is 2.33. The van der Waals surface area contributed by atoms with Crippen LogP contribution in [-0.4, -0.2) is 41.3 Å². The van der Waals surface area contributed by atoms with Gasteiger partial charge in [0.15, 0.2) is 5.43 Å². The predicted octanol–water partition coefficient (Wildman–Crippen LogP) is 2.85. The number of H-pyrrole nitrogens is 1. The number of fused-ring (bicyclic) bond motifs is 1. The number of rotatable bonds is 3. The fourth-order valence-electron chi connectivity index (χ4n) is 4.05. The minimum atomic E-state index is -0.404. The molecule has 1 atom stereocenters. The van der Waals surface area contributed by atoms with Gasteiger partial charge >= 0.3 is 0 Å². The second kappa shape index (κ2) is 7.54. The van der Waals surface area contributed by atoms with Crippen molar-refractivity contribution in [3.8, 4) is 11.1 Å². The zero-order valence-corrected chi connectivity index (χ0v) is 16.5. The minimum Gasteiger partial charge on any atom is -0.358 e. The number of aromatic amines is 1. The van der Waals surface area contributed by atoms with E-state index < -0.39 is 6.04 Å². The van der Waals surface area contributed by atoms with Gasteiger partial charge in [-0.1, -0.05) is 24.3 Å². The smallest absolute Gasteiger partial charge is 0.254 e. The minimum absolute atomic E-state index is 0.0147. The number of aryl methyl sites for hydroxylation is 1. The third-order valence-corrected chi connectivity index (χ3v) is 5.51. The monoisotopic (exact) mass is 389 g/mol. The fraction of sp³-hybridized carbons (Fsp3) is 0.261. The van der Waals surface area contributed by atoms with E-state index in [1.807, 2.05) is 31.2 Å². The van der Waals surface area contributed by atoms with Crippen LogP contribution in [0.2, 0.25) is 0 Å². The molecule has 2 N–H and O–H groups in total. The molecule has 3 aromatic rings. The third-order valence-electron chi connectivity index (χ3n) is 5.51. The van der Waals surface area contributed by atoms with E-state index in [1.165, 1.54) is 0 Å². The summed E-state index contributed by atoms with van der Waals surface area (Å²) in [7, 11) is 1.59. The van der Waals surface area contributed by atoms with E-state index in [2.05, 4.69) is 10.3 Å². The van der Waals surface area contributed by atoms with Crippen molar-refractivity contribution < 1.29 is 9.59 Å². The van der Waals surface area contributed by atoms with E-state index >= 15 is 0 Å². The largest absolute Gasteiger partial charge is 0.358 e. The number of nitrogens with one attached hydrogen (secondary N) is 2. The van der Waals surface area contributed by atoms with Crippen LogP contribution in [0, 0.1) is 6.92 Å². The van der Waals surface area contributed by atoms with Crippen molar-refractivity contribution in [1.29, 1.82) is 0 Å². The Morgan fingerprint density at radius 3 is 2.62 bits per heavy atom. The molecule has 6 nitrogen and oxygen atoms in total. The molecule has 1 aliphatic rings. The molecule has 2 amide bonds. The van der Waals surface area contributed by atoms with Gasteiger partial charge in [0.1, 0.15) is 6.04 Å². The quantitative estimate of drug-likeness (QED) is 0.723. The molecular formula is C23H23N3O3. The number of likely N-dealkylation sites (N-methyl/N-ethyl adjacent to an activating group) is 1. The second-order valence-corrected chi connectivity index (χ2v) is 7.39. The molecule has 2 aromatic carbocycles. The van der Waals surface area contributed by atoms with Gasteiger partial charge in [-0.3, -0.25) is 14.4 Å². The summed E-state index contributed by atoms with van der Waals surface area (Å²) in [4.78, 5) is 42.2. The maximum atomic E-state index is 12.9. The molecule has 6 heteroatoms. The molecule has 0 aliphatic carbocycles. The van der Waals surface area contributed by atoms with E-state index in [9.17, 15) is 14.4 Å². The number of carbonyl (C=O) groups is 2. The van der Waals surface area contributed by atoms with Gasteiger partial charge in [-0.25, -0.2) is 0 Å². The zero-order chi connectivity index (χ0) is 20.5. The van der Waals surface area contributed by atoms with Crippen LogP contribution in [0.15, 0.2) is 53.3 Å². The number of para-hydroxylation sites is 1. The highest BCUT2D eigenvalue weighted by Crippen LogP contribution is 2.27. The first-order valence-corrected chi connectivity index (χ1v) is 9.75. The average molecular weight is 389 g/mol. The first-order chi connectivity index (χ1) is 14.0. The first-order valence-electron chi connectivity index (χ1n) is 9.75. The fourth-order valence-corrected chi connectivity index (χ4v) is 4.05. The van der Waals surface area contributed by atoms with Crippen molar-refractivity contribution in [2.45, 2.75) is 25.8 Å². The third kappa shape index (κ3) is 3.42. The Morgan fingerprint density at radius 1 is 1.14 bits per heavy atom. The topological polar surface area (TPSA) is 82.3 Å². The van der Waals surface area contributed by atoms with Crippen LogP contribution in [0.4, 0.5) is 0 Å². The molecule has 1 saturated heterocycles. The Kier molecular flexibility index (Phi) is 4.92. The maximum absolute atomic E-state index is 12.9. The highest BCUT2D eigenvalue weighted by atomic mass is 16.2. The van der Waals surface area contributed by atoms with Gasteiger partial charge in [-0.05, 0) is 43.5 Å². The Labute approximate surface area is 168 Å². The lowest BCUT2D eigenvalue weighted by Gasteiger charge is -2.23. The Balaban J connectivity index is 1.67. The number of hydrogen-bond donors (Lipinski definition) is 2. The van der Waals surface area contributed by atoms with Crippen molar-refractivity contribution in [2.75, 3.05) is 13.6 Å². The number of pyridine rings is 1. The molecule has 4 rings (SSSR count). The molecule has 0 radical (unpaired) electrons. The number of nitrogens with zero attached hydrogens (tertiary/aromatic N) is 1. The second-order valence-electron chi connectivity index (χ2n) is 7.39. The number of amides is 2. The molecule has 29 heavy (non-hydrogen) atoms. The average Bonchev–Trinajstić information content (AvgIpc) is 3.22. The molecule has 0 saturated carbocycles. The molecular weight excluding hydrogens is 366 g/mol. The summed E-state index contributed by atoms with van der Waals surface area (Å²) < 4.78 is 0. The number of likely N-dealkylation sites (tertiary alicyclic amines) is 1. The lowest BCUT2D eigenvalue weighted by Crippen LogP contribution is -2.44. The first kappa shape index (κ1) is 18.9. The molecule has 2 heterocycles. The van der Waals surface area contributed by atoms with Gasteiger partial charge in [0.05, 0.1) is 5.52 Å². The molecule has 148 valence electrons. The van der Waals surface area contributed by atoms with E-state index in [-0.39, 0.29) is 17.2 Å². The van der Waals surface area contributed by atoms with Crippen LogP contribution >= 0.6 is 0 Å². The van der Waals surface area contributed by atoms with Crippen molar-refractivity contribution in [2.24, 2.45) is 0 Å². The highest BCUT2D eigenvalue weighted by molar-refractivity contribution is 5.99. The summed E-state index contributed by atoms with van der Waals surface area (Å²) in [6, 6.07) is 14.1. The van der Waals surface area contributed by atoms with E-state index in [4.69, 9.17) is 0 Å². The summed E-state index contributed by atoms with van der Waals surface area (Å²) in [6.45, 7) is 2.45. The van der Waals surface area contributed by atoms with E-state index in [1.54, 1.807) is 36.2 Å². The van der Waals surface area contributed by atoms with Gasteiger partial charge < -0.3 is 15.2 Å². The van der Waals surface area contributed by atoms with Crippen molar-refractivity contribution in [3.63, 3.8) is 0 Å². The van der Waals surface area contributed by atoms with Crippen LogP contribution in [0.1, 0.15) is 28.9 Å². The molecule has 0 bridgehead atoms. The van der Waals surface area contributed by atoms with Crippen molar-refractivity contribution in [3.05, 3.63) is 70.0 Å². The van der Waals surface area contributed by atoms with Gasteiger partial charge in [0.2, 0.25) is 5.91 Å². The number of benzene rings is 2. The number of carbonyl (C=O) groups excluding carboxylic acids is 2. The van der Waals surface area contributed by atoms with Gasteiger partial charge in [-0.2, -0.15) is 0 Å². The number of hydrogen-bond acceptors (Lipinski definition) is 3. The molecule has 0 spiro atoms. The van der Waals surface area contributed by atoms with Gasteiger partial charge in [0, 0.05) is 41.9 Å². The van der Waals surface area contributed by atoms with E-state index in [0.717, 1.165) is 28.8 Å². The van der Waals surface area contributed by atoms with Crippen molar-refractivity contribution in [1.82, 2.24) is 15.2 Å². The molecule has 1 unspecified atom stereocenters. The summed E-state index contributed by atoms with van der Waals surface area (Å²) in [5, 5.41) is 3.28. The Hall–Kier alpha value is -3.41. The summed E-state index contributed by atoms with van der Waals surface area (Å²) in [6.07, 6.45) is 1.51. The number of aromatic nitrogens is 1. The van der Waals surface area contributed by atoms with Crippen LogP contribution in [0.5, 0.6) is 0 Å². The Morgan fingerprint density at radius 2 is 1.90 bits per heavy atom. The summed E-state index contributed by atoms with van der Waals surface area (Å²) in [5.74, 6) is -0.257. The van der Waals surface area contributed by atoms with Crippen molar-refractivity contribution >= 4 is 22.7 Å². The van der Waals surface area contributed by atoms with Gasteiger partial charge in [-0.15, -0.1) is 0 Å². The predicted molar refractivity (Wildman–Crippen MR) is 113 cm³/mol.